The van der Waals surface area contributed by atoms with Gasteiger partial charge in [-0.2, -0.15) is 5.26 Å². The van der Waals surface area contributed by atoms with Crippen LogP contribution in [0.4, 0.5) is 0 Å². The number of hydrogen-bond acceptors (Lipinski definition) is 3. The van der Waals surface area contributed by atoms with Crippen LogP contribution in [0.1, 0.15) is 19.8 Å². The lowest BCUT2D eigenvalue weighted by Crippen LogP contribution is -2.36. The molecule has 1 unspecified atom stereocenters. The highest BCUT2D eigenvalue weighted by atomic mass is 16.5. The van der Waals surface area contributed by atoms with Gasteiger partial charge in [0, 0.05) is 26.8 Å². The van der Waals surface area contributed by atoms with Crippen molar-refractivity contribution in [2.45, 2.75) is 19.8 Å². The molecule has 4 heteroatoms. The standard InChI is InChI=1S/C11H18N2O2/c1-9(7-12)11(14)13(2)8-10-3-5-15-6-4-10/h9-10H,3-6,8H2,1-2H3. The van der Waals surface area contributed by atoms with Crippen LogP contribution < -0.4 is 0 Å². The molecule has 1 heterocycles. The quantitative estimate of drug-likeness (QED) is 0.699. The molecule has 4 nitrogen and oxygen atoms in total. The normalized spacial score (nSPS) is 19.3. The minimum absolute atomic E-state index is 0.0796. The second kappa shape index (κ2) is 5.72. The molecule has 0 aromatic heterocycles. The van der Waals surface area contributed by atoms with Gasteiger partial charge in [-0.1, -0.05) is 0 Å². The zero-order valence-electron chi connectivity index (χ0n) is 9.40. The first-order valence-electron chi connectivity index (χ1n) is 5.37. The fourth-order valence-electron chi connectivity index (χ4n) is 1.79. The Morgan fingerprint density at radius 1 is 1.60 bits per heavy atom. The summed E-state index contributed by atoms with van der Waals surface area (Å²) in [5, 5.41) is 8.64. The van der Waals surface area contributed by atoms with Crippen molar-refractivity contribution in [2.24, 2.45) is 11.8 Å². The van der Waals surface area contributed by atoms with Crippen LogP contribution >= 0.6 is 0 Å². The number of nitrogens with zero attached hydrogens (tertiary/aromatic N) is 2. The highest BCUT2D eigenvalue weighted by Crippen LogP contribution is 2.16. The summed E-state index contributed by atoms with van der Waals surface area (Å²) in [5.74, 6) is -0.0857. The van der Waals surface area contributed by atoms with Gasteiger partial charge in [-0.25, -0.2) is 0 Å². The molecular weight excluding hydrogens is 192 g/mol. The molecule has 0 saturated carbocycles. The number of ether oxygens (including phenoxy) is 1. The zero-order valence-corrected chi connectivity index (χ0v) is 9.40. The first-order chi connectivity index (χ1) is 7.15. The van der Waals surface area contributed by atoms with Crippen LogP contribution in [0, 0.1) is 23.2 Å². The van der Waals surface area contributed by atoms with Crippen LogP contribution in [0.15, 0.2) is 0 Å². The van der Waals surface area contributed by atoms with Crippen LogP contribution in [0.5, 0.6) is 0 Å². The van der Waals surface area contributed by atoms with Gasteiger partial charge in [0.15, 0.2) is 0 Å². The molecule has 0 spiro atoms. The van der Waals surface area contributed by atoms with E-state index >= 15 is 0 Å². The number of rotatable bonds is 3. The van der Waals surface area contributed by atoms with Gasteiger partial charge >= 0.3 is 0 Å². The molecule has 1 atom stereocenters. The number of hydrogen-bond donors (Lipinski definition) is 0. The molecular formula is C11H18N2O2. The fraction of sp³-hybridized carbons (Fsp3) is 0.818. The van der Waals surface area contributed by atoms with Crippen LogP contribution in [-0.4, -0.2) is 37.6 Å². The molecule has 0 aromatic carbocycles. The van der Waals surface area contributed by atoms with E-state index in [1.54, 1.807) is 18.9 Å². The van der Waals surface area contributed by atoms with Crippen molar-refractivity contribution in [2.75, 3.05) is 26.8 Å². The monoisotopic (exact) mass is 210 g/mol. The summed E-state index contributed by atoms with van der Waals surface area (Å²) in [6, 6.07) is 1.97. The predicted octanol–water partition coefficient (Wildman–Crippen LogP) is 1.03. The Morgan fingerprint density at radius 2 is 2.20 bits per heavy atom. The summed E-state index contributed by atoms with van der Waals surface area (Å²) in [4.78, 5) is 13.3. The van der Waals surface area contributed by atoms with Crippen molar-refractivity contribution in [1.82, 2.24) is 4.90 Å². The second-order valence-electron chi connectivity index (χ2n) is 4.13. The van der Waals surface area contributed by atoms with Gasteiger partial charge in [0.25, 0.3) is 0 Å². The van der Waals surface area contributed by atoms with Gasteiger partial charge in [-0.3, -0.25) is 4.79 Å². The molecule has 1 fully saturated rings. The average molecular weight is 210 g/mol. The Kier molecular flexibility index (Phi) is 4.57. The first-order valence-corrected chi connectivity index (χ1v) is 5.37. The van der Waals surface area contributed by atoms with Gasteiger partial charge in [0.1, 0.15) is 5.92 Å². The highest BCUT2D eigenvalue weighted by molar-refractivity contribution is 5.80. The summed E-state index contributed by atoms with van der Waals surface area (Å²) >= 11 is 0. The Hall–Kier alpha value is -1.08. The van der Waals surface area contributed by atoms with E-state index in [1.165, 1.54) is 0 Å². The van der Waals surface area contributed by atoms with Crippen LogP contribution in [0.2, 0.25) is 0 Å². The third-order valence-corrected chi connectivity index (χ3v) is 2.81. The maximum Gasteiger partial charge on any atom is 0.239 e. The Bertz CT molecular complexity index is 254. The second-order valence-corrected chi connectivity index (χ2v) is 4.13. The topological polar surface area (TPSA) is 53.3 Å². The summed E-state index contributed by atoms with van der Waals surface area (Å²) in [5.41, 5.74) is 0. The molecule has 0 aromatic rings. The minimum atomic E-state index is -0.533. The van der Waals surface area contributed by atoms with E-state index in [1.807, 2.05) is 6.07 Å². The third kappa shape index (κ3) is 3.52. The summed E-state index contributed by atoms with van der Waals surface area (Å²) in [6.45, 7) is 3.97. The van der Waals surface area contributed by atoms with Crippen molar-refractivity contribution >= 4 is 5.91 Å². The summed E-state index contributed by atoms with van der Waals surface area (Å²) in [7, 11) is 1.77. The molecule has 84 valence electrons. The Labute approximate surface area is 90.8 Å². The zero-order chi connectivity index (χ0) is 11.3. The third-order valence-electron chi connectivity index (χ3n) is 2.81. The minimum Gasteiger partial charge on any atom is -0.381 e. The molecule has 1 aliphatic heterocycles. The van der Waals surface area contributed by atoms with Gasteiger partial charge in [-0.15, -0.1) is 0 Å². The fourth-order valence-corrected chi connectivity index (χ4v) is 1.79. The van der Waals surface area contributed by atoms with Crippen molar-refractivity contribution < 1.29 is 9.53 Å². The molecule has 1 aliphatic rings. The van der Waals surface area contributed by atoms with E-state index in [0.717, 1.165) is 32.6 Å². The van der Waals surface area contributed by atoms with Crippen molar-refractivity contribution in [3.05, 3.63) is 0 Å². The van der Waals surface area contributed by atoms with E-state index < -0.39 is 5.92 Å². The number of amides is 1. The summed E-state index contributed by atoms with van der Waals surface area (Å²) in [6.07, 6.45) is 2.02. The largest absolute Gasteiger partial charge is 0.381 e. The van der Waals surface area contributed by atoms with Gasteiger partial charge < -0.3 is 9.64 Å². The van der Waals surface area contributed by atoms with E-state index in [2.05, 4.69) is 0 Å². The van der Waals surface area contributed by atoms with Gasteiger partial charge in [0.05, 0.1) is 6.07 Å². The van der Waals surface area contributed by atoms with Crippen LogP contribution in [0.3, 0.4) is 0 Å². The number of carbonyl (C=O) groups is 1. The lowest BCUT2D eigenvalue weighted by atomic mass is 9.99. The maximum atomic E-state index is 11.6. The molecule has 15 heavy (non-hydrogen) atoms. The van der Waals surface area contributed by atoms with Crippen LogP contribution in [0.25, 0.3) is 0 Å². The van der Waals surface area contributed by atoms with Crippen LogP contribution in [-0.2, 0) is 9.53 Å². The smallest absolute Gasteiger partial charge is 0.239 e. The predicted molar refractivity (Wildman–Crippen MR) is 56.0 cm³/mol. The van der Waals surface area contributed by atoms with E-state index in [4.69, 9.17) is 10.00 Å². The molecule has 1 saturated heterocycles. The lowest BCUT2D eigenvalue weighted by molar-refractivity contribution is -0.132. The van der Waals surface area contributed by atoms with Crippen molar-refractivity contribution in [3.63, 3.8) is 0 Å². The summed E-state index contributed by atoms with van der Waals surface area (Å²) < 4.78 is 5.25. The Balaban J connectivity index is 2.37. The van der Waals surface area contributed by atoms with Gasteiger partial charge in [0.2, 0.25) is 5.91 Å². The van der Waals surface area contributed by atoms with Gasteiger partial charge in [-0.05, 0) is 25.7 Å². The highest BCUT2D eigenvalue weighted by Gasteiger charge is 2.21. The van der Waals surface area contributed by atoms with E-state index in [-0.39, 0.29) is 5.91 Å². The molecule has 0 N–H and O–H groups in total. The molecule has 0 aliphatic carbocycles. The van der Waals surface area contributed by atoms with E-state index in [9.17, 15) is 4.79 Å². The first kappa shape index (κ1) is 12.0. The lowest BCUT2D eigenvalue weighted by Gasteiger charge is -2.27. The number of carbonyl (C=O) groups excluding carboxylic acids is 1. The van der Waals surface area contributed by atoms with E-state index in [0.29, 0.717) is 5.92 Å². The van der Waals surface area contributed by atoms with Crippen molar-refractivity contribution in [1.29, 1.82) is 5.26 Å². The maximum absolute atomic E-state index is 11.6. The average Bonchev–Trinajstić information content (AvgIpc) is 2.28. The molecule has 1 amide bonds. The molecule has 0 radical (unpaired) electrons. The Morgan fingerprint density at radius 3 is 2.73 bits per heavy atom. The molecule has 0 bridgehead atoms. The van der Waals surface area contributed by atoms with Crippen molar-refractivity contribution in [3.8, 4) is 6.07 Å². The number of nitriles is 1. The SMILES string of the molecule is CC(C#N)C(=O)N(C)CC1CCOCC1. The molecule has 1 rings (SSSR count).